The van der Waals surface area contributed by atoms with Crippen molar-refractivity contribution in [3.8, 4) is 0 Å². The van der Waals surface area contributed by atoms with Gasteiger partial charge in [0.25, 0.3) is 0 Å². The number of ketones is 1. The van der Waals surface area contributed by atoms with E-state index >= 15 is 0 Å². The van der Waals surface area contributed by atoms with Gasteiger partial charge in [-0.05, 0) is 74.3 Å². The second-order valence-electron chi connectivity index (χ2n) is 7.48. The summed E-state index contributed by atoms with van der Waals surface area (Å²) < 4.78 is 16.5. The maximum absolute atomic E-state index is 13.0. The number of hydrogen-bond acceptors (Lipinski definition) is 4. The number of thiazole rings is 1. The van der Waals surface area contributed by atoms with E-state index in [-0.39, 0.29) is 36.4 Å². The van der Waals surface area contributed by atoms with E-state index in [0.29, 0.717) is 18.0 Å². The molecule has 168 valence electrons. The van der Waals surface area contributed by atoms with Crippen molar-refractivity contribution in [3.05, 3.63) is 63.7 Å². The molecule has 2 heterocycles. The summed E-state index contributed by atoms with van der Waals surface area (Å²) in [6.07, 6.45) is 2.08. The molecule has 1 aliphatic heterocycles. The van der Waals surface area contributed by atoms with Gasteiger partial charge in [-0.1, -0.05) is 22.9 Å². The van der Waals surface area contributed by atoms with Crippen molar-refractivity contribution < 1.29 is 9.18 Å². The van der Waals surface area contributed by atoms with E-state index < -0.39 is 0 Å². The first kappa shape index (κ1) is 25.8. The number of carbonyl (C=O) groups is 1. The molecule has 9 heteroatoms. The van der Waals surface area contributed by atoms with Crippen molar-refractivity contribution in [1.29, 1.82) is 0 Å². The number of rotatable bonds is 5. The number of carbonyl (C=O) groups excluding carboxylic acids is 1. The summed E-state index contributed by atoms with van der Waals surface area (Å²) in [6.45, 7) is 3.10. The molecular formula is C22H25Cl3FN3OS. The van der Waals surface area contributed by atoms with Crippen LogP contribution in [0.4, 0.5) is 4.39 Å². The predicted octanol–water partition coefficient (Wildman–Crippen LogP) is 5.46. The quantitative estimate of drug-likeness (QED) is 0.432. The summed E-state index contributed by atoms with van der Waals surface area (Å²) in [7, 11) is 1.83. The fourth-order valence-corrected chi connectivity index (χ4v) is 5.18. The minimum Gasteiger partial charge on any atom is -0.316 e. The second-order valence-corrected chi connectivity index (χ2v) is 8.93. The summed E-state index contributed by atoms with van der Waals surface area (Å²) in [4.78, 5) is 20.1. The highest BCUT2D eigenvalue weighted by atomic mass is 35.5. The Morgan fingerprint density at radius 1 is 1.16 bits per heavy atom. The van der Waals surface area contributed by atoms with Crippen LogP contribution in [0.5, 0.6) is 0 Å². The molecule has 0 bridgehead atoms. The summed E-state index contributed by atoms with van der Waals surface area (Å²) in [5, 5.41) is 0.743. The molecule has 2 aromatic carbocycles. The molecular weight excluding hydrogens is 480 g/mol. The van der Waals surface area contributed by atoms with Crippen LogP contribution < -0.4 is 4.80 Å². The van der Waals surface area contributed by atoms with Gasteiger partial charge in [0, 0.05) is 24.2 Å². The normalized spacial score (nSPS) is 15.5. The average molecular weight is 505 g/mol. The Labute approximate surface area is 202 Å². The van der Waals surface area contributed by atoms with Gasteiger partial charge in [0.2, 0.25) is 0 Å². The number of aromatic nitrogens is 1. The van der Waals surface area contributed by atoms with Crippen LogP contribution in [0.1, 0.15) is 23.2 Å². The topological polar surface area (TPSA) is 37.6 Å². The first-order valence-corrected chi connectivity index (χ1v) is 11.0. The largest absolute Gasteiger partial charge is 0.316 e. The lowest BCUT2D eigenvalue weighted by atomic mass is 9.96. The molecule has 1 fully saturated rings. The molecule has 3 aromatic rings. The van der Waals surface area contributed by atoms with E-state index in [9.17, 15) is 9.18 Å². The molecule has 1 saturated heterocycles. The van der Waals surface area contributed by atoms with Crippen LogP contribution >= 0.6 is 47.8 Å². The number of halogens is 4. The molecule has 4 nitrogen and oxygen atoms in total. The molecule has 0 radical (unpaired) electrons. The molecule has 1 aliphatic rings. The van der Waals surface area contributed by atoms with E-state index in [4.69, 9.17) is 11.6 Å². The van der Waals surface area contributed by atoms with E-state index in [1.807, 2.05) is 19.2 Å². The molecule has 0 N–H and O–H groups in total. The van der Waals surface area contributed by atoms with Gasteiger partial charge in [0.05, 0.1) is 16.8 Å². The molecule has 0 atom stereocenters. The monoisotopic (exact) mass is 503 g/mol. The van der Waals surface area contributed by atoms with Crippen molar-refractivity contribution in [3.63, 3.8) is 0 Å². The first-order valence-electron chi connectivity index (χ1n) is 9.76. The van der Waals surface area contributed by atoms with E-state index in [2.05, 4.69) is 20.5 Å². The van der Waals surface area contributed by atoms with Gasteiger partial charge in [-0.3, -0.25) is 14.7 Å². The zero-order valence-electron chi connectivity index (χ0n) is 17.1. The third-order valence-electron chi connectivity index (χ3n) is 5.52. The Kier molecular flexibility index (Phi) is 9.52. The van der Waals surface area contributed by atoms with Crippen LogP contribution in [-0.4, -0.2) is 41.9 Å². The highest BCUT2D eigenvalue weighted by Crippen LogP contribution is 2.25. The number of hydrogen-bond donors (Lipinski definition) is 0. The highest BCUT2D eigenvalue weighted by molar-refractivity contribution is 7.16. The Morgan fingerprint density at radius 2 is 1.84 bits per heavy atom. The number of likely N-dealkylation sites (tertiary alicyclic amines) is 1. The molecule has 4 rings (SSSR count). The molecule has 0 amide bonds. The first-order chi connectivity index (χ1) is 14.0. The standard InChI is InChI=1S/C22H23ClFN3OS.2ClH/c1-25-22-27(19-7-4-17(23)12-21(19)29-22)13-15-8-10-26(11-9-15)14-20(28)16-2-5-18(24)6-3-16;;/h2-7,12,15H,8-11,13-14H2,1H3;2*1H/b25-22+;;. The van der Waals surface area contributed by atoms with Crippen LogP contribution in [0.25, 0.3) is 10.2 Å². The molecule has 31 heavy (non-hydrogen) atoms. The summed E-state index contributed by atoms with van der Waals surface area (Å²) in [5.41, 5.74) is 1.75. The number of nitrogens with zero attached hydrogens (tertiary/aromatic N) is 3. The maximum atomic E-state index is 13.0. The number of piperidine rings is 1. The molecule has 0 aliphatic carbocycles. The average Bonchev–Trinajstić information content (AvgIpc) is 3.06. The van der Waals surface area contributed by atoms with Gasteiger partial charge in [0.1, 0.15) is 5.82 Å². The van der Waals surface area contributed by atoms with Crippen LogP contribution in [0.15, 0.2) is 47.5 Å². The Hall–Kier alpha value is -1.44. The zero-order chi connectivity index (χ0) is 20.4. The highest BCUT2D eigenvalue weighted by Gasteiger charge is 2.22. The van der Waals surface area contributed by atoms with Crippen molar-refractivity contribution >= 4 is 63.8 Å². The third-order valence-corrected chi connectivity index (χ3v) is 6.88. The third kappa shape index (κ3) is 6.08. The van der Waals surface area contributed by atoms with Gasteiger partial charge in [0.15, 0.2) is 10.6 Å². The van der Waals surface area contributed by atoms with Crippen LogP contribution in [0.3, 0.4) is 0 Å². The number of Topliss-reactive ketones (excluding diaryl/α,β-unsaturated/α-hetero) is 1. The van der Waals surface area contributed by atoms with Crippen LogP contribution in [-0.2, 0) is 6.54 Å². The predicted molar refractivity (Wildman–Crippen MR) is 131 cm³/mol. The minimum atomic E-state index is -0.318. The Bertz CT molecular complexity index is 1090. The van der Waals surface area contributed by atoms with Gasteiger partial charge >= 0.3 is 0 Å². The summed E-state index contributed by atoms with van der Waals surface area (Å²) in [6, 6.07) is 11.8. The van der Waals surface area contributed by atoms with Crippen molar-refractivity contribution in [2.45, 2.75) is 19.4 Å². The van der Waals surface area contributed by atoms with Crippen LogP contribution in [0, 0.1) is 11.7 Å². The van der Waals surface area contributed by atoms with Gasteiger partial charge in [-0.2, -0.15) is 0 Å². The van der Waals surface area contributed by atoms with Gasteiger partial charge in [-0.25, -0.2) is 4.39 Å². The lowest BCUT2D eigenvalue weighted by Gasteiger charge is -2.31. The van der Waals surface area contributed by atoms with Crippen molar-refractivity contribution in [2.24, 2.45) is 10.9 Å². The zero-order valence-corrected chi connectivity index (χ0v) is 20.3. The summed E-state index contributed by atoms with van der Waals surface area (Å²) in [5.74, 6) is 0.276. The molecule has 0 saturated carbocycles. The lowest BCUT2D eigenvalue weighted by molar-refractivity contribution is 0.0890. The molecule has 1 aromatic heterocycles. The molecule has 0 spiro atoms. The summed E-state index contributed by atoms with van der Waals surface area (Å²) >= 11 is 7.80. The fraction of sp³-hybridized carbons (Fsp3) is 0.364. The van der Waals surface area contributed by atoms with Crippen molar-refractivity contribution in [1.82, 2.24) is 9.47 Å². The maximum Gasteiger partial charge on any atom is 0.185 e. The number of fused-ring (bicyclic) bond motifs is 1. The van der Waals surface area contributed by atoms with E-state index in [1.165, 1.54) is 17.6 Å². The van der Waals surface area contributed by atoms with Crippen molar-refractivity contribution in [2.75, 3.05) is 26.7 Å². The second kappa shape index (κ2) is 11.4. The van der Waals surface area contributed by atoms with E-state index in [0.717, 1.165) is 47.0 Å². The number of benzene rings is 2. The SMILES string of the molecule is C/N=c1/sc2cc(Cl)ccc2n1CC1CCN(CC(=O)c2ccc(F)cc2)CC1.Cl.Cl. The Balaban J connectivity index is 0.00000171. The van der Waals surface area contributed by atoms with E-state index in [1.54, 1.807) is 23.5 Å². The smallest absolute Gasteiger partial charge is 0.185 e. The van der Waals surface area contributed by atoms with Gasteiger partial charge in [-0.15, -0.1) is 24.8 Å². The minimum absolute atomic E-state index is 0. The lowest BCUT2D eigenvalue weighted by Crippen LogP contribution is -2.38. The molecule has 0 unspecified atom stereocenters. The van der Waals surface area contributed by atoms with Gasteiger partial charge < -0.3 is 4.57 Å². The fourth-order valence-electron chi connectivity index (χ4n) is 3.91. The Morgan fingerprint density at radius 3 is 2.48 bits per heavy atom. The van der Waals surface area contributed by atoms with Crippen LogP contribution in [0.2, 0.25) is 5.02 Å².